The van der Waals surface area contributed by atoms with Crippen LogP contribution in [0.4, 0.5) is 5.13 Å². The van der Waals surface area contributed by atoms with Crippen molar-refractivity contribution in [1.82, 2.24) is 4.98 Å². The zero-order valence-corrected chi connectivity index (χ0v) is 17.1. The summed E-state index contributed by atoms with van der Waals surface area (Å²) in [7, 11) is 0. The first-order chi connectivity index (χ1) is 13.7. The highest BCUT2D eigenvalue weighted by Crippen LogP contribution is 2.39. The summed E-state index contributed by atoms with van der Waals surface area (Å²) in [4.78, 5) is 18.4. The highest BCUT2D eigenvalue weighted by molar-refractivity contribution is 7.19. The van der Waals surface area contributed by atoms with Gasteiger partial charge >= 0.3 is 0 Å². The molecule has 1 N–H and O–H groups in total. The number of benzene rings is 2. The first-order valence-electron chi connectivity index (χ1n) is 10.2. The zero-order valence-electron chi connectivity index (χ0n) is 16.3. The van der Waals surface area contributed by atoms with Crippen LogP contribution in [0.25, 0.3) is 21.7 Å². The van der Waals surface area contributed by atoms with Gasteiger partial charge in [0.1, 0.15) is 0 Å². The van der Waals surface area contributed by atoms with Crippen molar-refractivity contribution in [3.8, 4) is 21.7 Å². The number of hydrogen-bond acceptors (Lipinski definition) is 3. The summed E-state index contributed by atoms with van der Waals surface area (Å²) in [6.07, 6.45) is 6.50. The van der Waals surface area contributed by atoms with Crippen LogP contribution in [0.5, 0.6) is 0 Å². The van der Waals surface area contributed by atoms with Crippen molar-refractivity contribution >= 4 is 22.4 Å². The molecule has 1 aliphatic rings. The molecule has 4 rings (SSSR count). The molecule has 1 amide bonds. The first kappa shape index (κ1) is 18.9. The van der Waals surface area contributed by atoms with Gasteiger partial charge in [-0.1, -0.05) is 85.7 Å². The van der Waals surface area contributed by atoms with Crippen molar-refractivity contribution in [2.45, 2.75) is 45.4 Å². The fourth-order valence-corrected chi connectivity index (χ4v) is 4.91. The van der Waals surface area contributed by atoms with E-state index in [9.17, 15) is 4.79 Å². The van der Waals surface area contributed by atoms with Crippen molar-refractivity contribution in [1.29, 1.82) is 0 Å². The maximum Gasteiger partial charge on any atom is 0.226 e. The predicted molar refractivity (Wildman–Crippen MR) is 118 cm³/mol. The summed E-state index contributed by atoms with van der Waals surface area (Å²) in [6, 6.07) is 18.9. The number of thiazole rings is 1. The molecule has 0 spiro atoms. The fraction of sp³-hybridized carbons (Fsp3) is 0.333. The van der Waals surface area contributed by atoms with Crippen molar-refractivity contribution in [2.24, 2.45) is 5.92 Å². The molecule has 1 saturated carbocycles. The molecule has 144 valence electrons. The average Bonchev–Trinajstić information content (AvgIpc) is 3.38. The highest BCUT2D eigenvalue weighted by Gasteiger charge is 2.20. The standard InChI is InChI=1S/C24H26N2OS/c1-2-17-12-14-20(15-13-17)23-22(19-10-4-3-5-11-19)26-24(28-23)25-21(27)16-18-8-6-7-9-18/h3-5,10-15,18H,2,6-9,16H2,1H3,(H,25,26,27). The topological polar surface area (TPSA) is 42.0 Å². The molecular weight excluding hydrogens is 364 g/mol. The molecule has 1 aliphatic carbocycles. The van der Waals surface area contributed by atoms with Crippen LogP contribution in [-0.2, 0) is 11.2 Å². The maximum atomic E-state index is 12.5. The molecule has 1 fully saturated rings. The summed E-state index contributed by atoms with van der Waals surface area (Å²) in [6.45, 7) is 2.16. The predicted octanol–water partition coefficient (Wildman–Crippen LogP) is 6.56. The maximum absolute atomic E-state index is 12.5. The quantitative estimate of drug-likeness (QED) is 0.518. The Balaban J connectivity index is 1.62. The van der Waals surface area contributed by atoms with Crippen LogP contribution in [0.15, 0.2) is 54.6 Å². The Hall–Kier alpha value is -2.46. The van der Waals surface area contributed by atoms with E-state index in [4.69, 9.17) is 4.98 Å². The van der Waals surface area contributed by atoms with Crippen molar-refractivity contribution in [3.05, 3.63) is 60.2 Å². The van der Waals surface area contributed by atoms with Gasteiger partial charge in [0, 0.05) is 12.0 Å². The summed E-state index contributed by atoms with van der Waals surface area (Å²) in [5.74, 6) is 0.628. The SMILES string of the molecule is CCc1ccc(-c2sc(NC(=O)CC3CCCC3)nc2-c2ccccc2)cc1. The molecule has 3 nitrogen and oxygen atoms in total. The van der Waals surface area contributed by atoms with Gasteiger partial charge in [0.15, 0.2) is 5.13 Å². The lowest BCUT2D eigenvalue weighted by atomic mass is 10.0. The molecule has 4 heteroatoms. The number of carbonyl (C=O) groups excluding carboxylic acids is 1. The minimum Gasteiger partial charge on any atom is -0.302 e. The number of aromatic nitrogens is 1. The molecule has 0 aliphatic heterocycles. The minimum absolute atomic E-state index is 0.0909. The van der Waals surface area contributed by atoms with E-state index in [1.54, 1.807) is 11.3 Å². The lowest BCUT2D eigenvalue weighted by Gasteiger charge is -2.07. The van der Waals surface area contributed by atoms with Crippen LogP contribution >= 0.6 is 11.3 Å². The van der Waals surface area contributed by atoms with Gasteiger partial charge in [-0.15, -0.1) is 0 Å². The molecule has 0 saturated heterocycles. The number of rotatable bonds is 6. The van der Waals surface area contributed by atoms with E-state index < -0.39 is 0 Å². The second-order valence-electron chi connectivity index (χ2n) is 7.52. The summed E-state index contributed by atoms with van der Waals surface area (Å²) < 4.78 is 0. The zero-order chi connectivity index (χ0) is 19.3. The van der Waals surface area contributed by atoms with Gasteiger partial charge in [-0.2, -0.15) is 0 Å². The third-order valence-corrected chi connectivity index (χ3v) is 6.51. The van der Waals surface area contributed by atoms with Crippen molar-refractivity contribution < 1.29 is 4.79 Å². The largest absolute Gasteiger partial charge is 0.302 e. The van der Waals surface area contributed by atoms with E-state index in [1.807, 2.05) is 18.2 Å². The Labute approximate surface area is 170 Å². The Morgan fingerprint density at radius 1 is 1.04 bits per heavy atom. The molecular formula is C24H26N2OS. The van der Waals surface area contributed by atoms with Gasteiger partial charge in [-0.05, 0) is 36.3 Å². The summed E-state index contributed by atoms with van der Waals surface area (Å²) in [5, 5.41) is 3.75. The molecule has 0 unspecified atom stereocenters. The van der Waals surface area contributed by atoms with Crippen LogP contribution in [0, 0.1) is 5.92 Å². The van der Waals surface area contributed by atoms with Crippen LogP contribution in [0.1, 0.15) is 44.6 Å². The number of carbonyl (C=O) groups is 1. The van der Waals surface area contributed by atoms with Gasteiger partial charge in [0.25, 0.3) is 0 Å². The molecule has 3 aromatic rings. The third kappa shape index (κ3) is 4.33. The Kier molecular flexibility index (Phi) is 5.87. The number of amides is 1. The second-order valence-corrected chi connectivity index (χ2v) is 8.52. The van der Waals surface area contributed by atoms with Gasteiger partial charge < -0.3 is 5.32 Å². The fourth-order valence-electron chi connectivity index (χ4n) is 3.90. The first-order valence-corrected chi connectivity index (χ1v) is 11.0. The third-order valence-electron chi connectivity index (χ3n) is 5.49. The van der Waals surface area contributed by atoms with Crippen LogP contribution < -0.4 is 5.32 Å². The van der Waals surface area contributed by atoms with Crippen LogP contribution in [0.3, 0.4) is 0 Å². The summed E-state index contributed by atoms with van der Waals surface area (Å²) >= 11 is 1.56. The van der Waals surface area contributed by atoms with E-state index in [0.29, 0.717) is 17.5 Å². The van der Waals surface area contributed by atoms with Crippen LogP contribution in [0.2, 0.25) is 0 Å². The summed E-state index contributed by atoms with van der Waals surface area (Å²) in [5.41, 5.74) is 4.47. The van der Waals surface area contributed by atoms with Crippen molar-refractivity contribution in [2.75, 3.05) is 5.32 Å². The Morgan fingerprint density at radius 3 is 2.43 bits per heavy atom. The highest BCUT2D eigenvalue weighted by atomic mass is 32.1. The monoisotopic (exact) mass is 390 g/mol. The molecule has 0 atom stereocenters. The number of nitrogens with one attached hydrogen (secondary N) is 1. The van der Waals surface area contributed by atoms with Gasteiger partial charge in [-0.3, -0.25) is 4.79 Å². The number of nitrogens with zero attached hydrogens (tertiary/aromatic N) is 1. The lowest BCUT2D eigenvalue weighted by molar-refractivity contribution is -0.117. The average molecular weight is 391 g/mol. The molecule has 2 aromatic carbocycles. The van der Waals surface area contributed by atoms with Gasteiger partial charge in [0.2, 0.25) is 5.91 Å². The van der Waals surface area contributed by atoms with E-state index in [-0.39, 0.29) is 5.91 Å². The van der Waals surface area contributed by atoms with Crippen molar-refractivity contribution in [3.63, 3.8) is 0 Å². The Morgan fingerprint density at radius 2 is 1.75 bits per heavy atom. The van der Waals surface area contributed by atoms with Gasteiger partial charge in [0.05, 0.1) is 10.6 Å². The number of hydrogen-bond donors (Lipinski definition) is 1. The van der Waals surface area contributed by atoms with E-state index in [0.717, 1.165) is 28.1 Å². The molecule has 0 bridgehead atoms. The normalized spacial score (nSPS) is 14.3. The second kappa shape index (κ2) is 8.70. The van der Waals surface area contributed by atoms with Gasteiger partial charge in [-0.25, -0.2) is 4.98 Å². The Bertz CT molecular complexity index is 925. The molecule has 28 heavy (non-hydrogen) atoms. The lowest BCUT2D eigenvalue weighted by Crippen LogP contribution is -2.14. The molecule has 1 heterocycles. The smallest absolute Gasteiger partial charge is 0.226 e. The van der Waals surface area contributed by atoms with E-state index in [2.05, 4.69) is 48.6 Å². The minimum atomic E-state index is 0.0909. The van der Waals surface area contributed by atoms with Crippen LogP contribution in [-0.4, -0.2) is 10.9 Å². The van der Waals surface area contributed by atoms with E-state index in [1.165, 1.54) is 31.2 Å². The number of aryl methyl sites for hydroxylation is 1. The molecule has 1 aromatic heterocycles. The number of anilines is 1. The molecule has 0 radical (unpaired) electrons. The van der Waals surface area contributed by atoms with E-state index >= 15 is 0 Å².